The summed E-state index contributed by atoms with van der Waals surface area (Å²) in [7, 11) is 0. The fourth-order valence-corrected chi connectivity index (χ4v) is 5.07. The molecule has 3 saturated carbocycles. The van der Waals surface area contributed by atoms with Crippen molar-refractivity contribution in [2.75, 3.05) is 13.2 Å². The van der Waals surface area contributed by atoms with Gasteiger partial charge in [-0.15, -0.1) is 0 Å². The fraction of sp³-hybridized carbons (Fsp3) is 1.00. The zero-order chi connectivity index (χ0) is 11.2. The van der Waals surface area contributed by atoms with E-state index in [2.05, 4.69) is 5.32 Å². The summed E-state index contributed by atoms with van der Waals surface area (Å²) in [5, 5.41) is 3.83. The van der Waals surface area contributed by atoms with E-state index >= 15 is 0 Å². The van der Waals surface area contributed by atoms with E-state index in [1.165, 1.54) is 32.2 Å². The summed E-state index contributed by atoms with van der Waals surface area (Å²) in [5.74, 6) is 4.41. The standard InChI is InChI=1S/C15H25NO/c1(3-12-4-2-8-17-12)7-16-15-13-10-5-6-11(9-10)14(13)15/h10-16H,1-9H2. The van der Waals surface area contributed by atoms with E-state index in [9.17, 15) is 0 Å². The van der Waals surface area contributed by atoms with Crippen LogP contribution >= 0.6 is 0 Å². The van der Waals surface area contributed by atoms with Crippen LogP contribution in [0, 0.1) is 23.7 Å². The Morgan fingerprint density at radius 2 is 1.88 bits per heavy atom. The monoisotopic (exact) mass is 235 g/mol. The summed E-state index contributed by atoms with van der Waals surface area (Å²) in [6.07, 6.45) is 10.4. The molecular formula is C15H25NO. The molecule has 5 atom stereocenters. The first-order valence-electron chi connectivity index (χ1n) is 7.78. The molecule has 1 aliphatic heterocycles. The molecule has 0 aromatic carbocycles. The lowest BCUT2D eigenvalue weighted by atomic mass is 10.0. The summed E-state index contributed by atoms with van der Waals surface area (Å²) < 4.78 is 5.67. The highest BCUT2D eigenvalue weighted by molar-refractivity contribution is 5.16. The van der Waals surface area contributed by atoms with Crippen LogP contribution in [0.15, 0.2) is 0 Å². The minimum Gasteiger partial charge on any atom is -0.378 e. The molecule has 2 heteroatoms. The lowest BCUT2D eigenvalue weighted by molar-refractivity contribution is 0.102. The average molecular weight is 235 g/mol. The van der Waals surface area contributed by atoms with Gasteiger partial charge in [0.1, 0.15) is 0 Å². The number of ether oxygens (including phenoxy) is 1. The number of fused-ring (bicyclic) bond motifs is 5. The Morgan fingerprint density at radius 1 is 1.06 bits per heavy atom. The lowest BCUT2D eigenvalue weighted by Gasteiger charge is -2.12. The van der Waals surface area contributed by atoms with Gasteiger partial charge in [0, 0.05) is 12.6 Å². The van der Waals surface area contributed by atoms with Crippen molar-refractivity contribution in [3.05, 3.63) is 0 Å². The minimum atomic E-state index is 0.590. The zero-order valence-electron chi connectivity index (χ0n) is 10.7. The first-order chi connectivity index (χ1) is 8.43. The van der Waals surface area contributed by atoms with Gasteiger partial charge in [-0.2, -0.15) is 0 Å². The minimum absolute atomic E-state index is 0.590. The van der Waals surface area contributed by atoms with E-state index in [1.807, 2.05) is 0 Å². The maximum Gasteiger partial charge on any atom is 0.0576 e. The predicted molar refractivity (Wildman–Crippen MR) is 67.8 cm³/mol. The van der Waals surface area contributed by atoms with Crippen molar-refractivity contribution in [2.24, 2.45) is 23.7 Å². The van der Waals surface area contributed by atoms with Crippen LogP contribution in [0.1, 0.15) is 44.9 Å². The number of nitrogens with one attached hydrogen (secondary N) is 1. The maximum atomic E-state index is 5.67. The van der Waals surface area contributed by atoms with E-state index in [0.717, 1.165) is 36.3 Å². The van der Waals surface area contributed by atoms with Gasteiger partial charge < -0.3 is 10.1 Å². The van der Waals surface area contributed by atoms with Crippen LogP contribution in [0.4, 0.5) is 0 Å². The SMILES string of the molecule is C(CNC1C2C3CCC(C3)C12)CC1CCCO1. The summed E-state index contributed by atoms with van der Waals surface area (Å²) >= 11 is 0. The van der Waals surface area contributed by atoms with Gasteiger partial charge in [0.15, 0.2) is 0 Å². The van der Waals surface area contributed by atoms with Crippen LogP contribution in [0.5, 0.6) is 0 Å². The Balaban J connectivity index is 1.16. The second kappa shape index (κ2) is 4.24. The average Bonchev–Trinajstić information content (AvgIpc) is 2.83. The third-order valence-corrected chi connectivity index (χ3v) is 5.84. The van der Waals surface area contributed by atoms with Crippen molar-refractivity contribution in [3.8, 4) is 0 Å². The van der Waals surface area contributed by atoms with Crippen LogP contribution in [0.25, 0.3) is 0 Å². The van der Waals surface area contributed by atoms with Crippen LogP contribution in [0.3, 0.4) is 0 Å². The van der Waals surface area contributed by atoms with Crippen LogP contribution in [0.2, 0.25) is 0 Å². The van der Waals surface area contributed by atoms with Gasteiger partial charge in [0.05, 0.1) is 6.10 Å². The summed E-state index contributed by atoms with van der Waals surface area (Å²) in [6, 6.07) is 0.922. The molecule has 0 spiro atoms. The highest BCUT2D eigenvalue weighted by Crippen LogP contribution is 2.65. The fourth-order valence-electron chi connectivity index (χ4n) is 5.07. The normalized spacial score (nSPS) is 50.8. The molecule has 0 amide bonds. The van der Waals surface area contributed by atoms with Crippen LogP contribution < -0.4 is 5.32 Å². The topological polar surface area (TPSA) is 21.3 Å². The van der Waals surface area contributed by atoms with E-state index in [1.54, 1.807) is 19.3 Å². The number of hydrogen-bond acceptors (Lipinski definition) is 2. The van der Waals surface area contributed by atoms with Gasteiger partial charge in [-0.25, -0.2) is 0 Å². The molecule has 3 aliphatic carbocycles. The van der Waals surface area contributed by atoms with Gasteiger partial charge in [-0.3, -0.25) is 0 Å². The molecule has 0 radical (unpaired) electrons. The Morgan fingerprint density at radius 3 is 2.59 bits per heavy atom. The van der Waals surface area contributed by atoms with Crippen molar-refractivity contribution in [2.45, 2.75) is 57.1 Å². The number of rotatable bonds is 5. The van der Waals surface area contributed by atoms with E-state index in [4.69, 9.17) is 4.74 Å². The highest BCUT2D eigenvalue weighted by Gasteiger charge is 2.64. The lowest BCUT2D eigenvalue weighted by Crippen LogP contribution is -2.24. The largest absolute Gasteiger partial charge is 0.378 e. The summed E-state index contributed by atoms with van der Waals surface area (Å²) in [6.45, 7) is 2.24. The molecule has 4 aliphatic rings. The van der Waals surface area contributed by atoms with Gasteiger partial charge in [0.25, 0.3) is 0 Å². The second-order valence-electron chi connectivity index (χ2n) is 6.75. The van der Waals surface area contributed by atoms with Crippen molar-refractivity contribution >= 4 is 0 Å². The van der Waals surface area contributed by atoms with E-state index in [0.29, 0.717) is 6.10 Å². The molecule has 1 N–H and O–H groups in total. The molecule has 0 aromatic heterocycles. The highest BCUT2D eigenvalue weighted by atomic mass is 16.5. The van der Waals surface area contributed by atoms with Gasteiger partial charge >= 0.3 is 0 Å². The first kappa shape index (κ1) is 10.8. The van der Waals surface area contributed by atoms with Gasteiger partial charge in [-0.05, 0) is 75.2 Å². The Hall–Kier alpha value is -0.0800. The predicted octanol–water partition coefficient (Wildman–Crippen LogP) is 2.58. The molecule has 2 nitrogen and oxygen atoms in total. The molecular weight excluding hydrogens is 210 g/mol. The third-order valence-electron chi connectivity index (χ3n) is 5.84. The smallest absolute Gasteiger partial charge is 0.0576 e. The Bertz CT molecular complexity index is 271. The van der Waals surface area contributed by atoms with Gasteiger partial charge in [0.2, 0.25) is 0 Å². The third kappa shape index (κ3) is 1.84. The number of hydrogen-bond donors (Lipinski definition) is 1. The Labute approximate surface area is 104 Å². The molecule has 1 saturated heterocycles. The molecule has 96 valence electrons. The maximum absolute atomic E-state index is 5.67. The molecule has 4 fully saturated rings. The first-order valence-corrected chi connectivity index (χ1v) is 7.78. The van der Waals surface area contributed by atoms with Crippen molar-refractivity contribution < 1.29 is 4.74 Å². The van der Waals surface area contributed by atoms with Crippen molar-refractivity contribution in [1.29, 1.82) is 0 Å². The molecule has 5 unspecified atom stereocenters. The van der Waals surface area contributed by atoms with Crippen molar-refractivity contribution in [3.63, 3.8) is 0 Å². The molecule has 17 heavy (non-hydrogen) atoms. The molecule has 4 rings (SSSR count). The molecule has 2 bridgehead atoms. The van der Waals surface area contributed by atoms with Crippen LogP contribution in [-0.4, -0.2) is 25.3 Å². The van der Waals surface area contributed by atoms with E-state index in [-0.39, 0.29) is 0 Å². The van der Waals surface area contributed by atoms with E-state index < -0.39 is 0 Å². The Kier molecular flexibility index (Phi) is 2.69. The zero-order valence-corrected chi connectivity index (χ0v) is 10.7. The molecule has 0 aromatic rings. The quantitative estimate of drug-likeness (QED) is 0.740. The second-order valence-corrected chi connectivity index (χ2v) is 6.75. The summed E-state index contributed by atoms with van der Waals surface area (Å²) in [4.78, 5) is 0. The summed E-state index contributed by atoms with van der Waals surface area (Å²) in [5.41, 5.74) is 0. The van der Waals surface area contributed by atoms with Crippen LogP contribution in [-0.2, 0) is 4.74 Å². The molecule has 1 heterocycles. The van der Waals surface area contributed by atoms with Crippen molar-refractivity contribution in [1.82, 2.24) is 5.32 Å². The van der Waals surface area contributed by atoms with Gasteiger partial charge in [-0.1, -0.05) is 0 Å².